The number of imidazole rings is 1. The largest absolute Gasteiger partial charge is 0.476 e. The van der Waals surface area contributed by atoms with Crippen molar-refractivity contribution in [3.8, 4) is 5.82 Å². The Hall–Kier alpha value is -2.24. The van der Waals surface area contributed by atoms with Crippen LogP contribution in [0.25, 0.3) is 5.82 Å². The molecular formula is C9H8N4O2. The number of carboxylic acid groups (broad SMARTS) is 1. The van der Waals surface area contributed by atoms with Gasteiger partial charge < -0.3 is 5.11 Å². The van der Waals surface area contributed by atoms with E-state index in [1.54, 1.807) is 23.0 Å². The van der Waals surface area contributed by atoms with E-state index in [1.165, 1.54) is 6.07 Å². The van der Waals surface area contributed by atoms with Crippen molar-refractivity contribution in [2.24, 2.45) is 0 Å². The SMILES string of the molecule is Cc1nccn1-c1ccc(C(=O)O)nn1. The maximum Gasteiger partial charge on any atom is 0.356 e. The fraction of sp³-hybridized carbons (Fsp3) is 0.111. The van der Waals surface area contributed by atoms with E-state index in [2.05, 4.69) is 15.2 Å². The highest BCUT2D eigenvalue weighted by atomic mass is 16.4. The molecule has 2 heterocycles. The molecule has 0 saturated carbocycles. The lowest BCUT2D eigenvalue weighted by molar-refractivity contribution is 0.0689. The lowest BCUT2D eigenvalue weighted by Gasteiger charge is -2.02. The van der Waals surface area contributed by atoms with Crippen LogP contribution in [-0.4, -0.2) is 30.8 Å². The number of aromatic carboxylic acids is 1. The van der Waals surface area contributed by atoms with Gasteiger partial charge in [0, 0.05) is 12.4 Å². The van der Waals surface area contributed by atoms with Crippen LogP contribution in [0.4, 0.5) is 0 Å². The number of rotatable bonds is 2. The quantitative estimate of drug-likeness (QED) is 0.777. The van der Waals surface area contributed by atoms with E-state index in [-0.39, 0.29) is 5.69 Å². The van der Waals surface area contributed by atoms with Crippen molar-refractivity contribution in [2.45, 2.75) is 6.92 Å². The number of hydrogen-bond acceptors (Lipinski definition) is 4. The Morgan fingerprint density at radius 2 is 2.20 bits per heavy atom. The zero-order valence-corrected chi connectivity index (χ0v) is 7.95. The second-order valence-corrected chi connectivity index (χ2v) is 2.93. The number of aryl methyl sites for hydroxylation is 1. The molecule has 0 radical (unpaired) electrons. The molecule has 0 amide bonds. The van der Waals surface area contributed by atoms with E-state index >= 15 is 0 Å². The molecule has 2 aromatic rings. The number of carbonyl (C=O) groups is 1. The molecule has 2 aromatic heterocycles. The second-order valence-electron chi connectivity index (χ2n) is 2.93. The Morgan fingerprint density at radius 1 is 1.40 bits per heavy atom. The highest BCUT2D eigenvalue weighted by Crippen LogP contribution is 2.06. The lowest BCUT2D eigenvalue weighted by Crippen LogP contribution is -2.05. The molecule has 0 spiro atoms. The van der Waals surface area contributed by atoms with Gasteiger partial charge in [0.15, 0.2) is 11.5 Å². The van der Waals surface area contributed by atoms with Gasteiger partial charge in [-0.1, -0.05) is 0 Å². The summed E-state index contributed by atoms with van der Waals surface area (Å²) >= 11 is 0. The number of nitrogens with zero attached hydrogens (tertiary/aromatic N) is 4. The van der Waals surface area contributed by atoms with Crippen molar-refractivity contribution in [1.29, 1.82) is 0 Å². The average Bonchev–Trinajstić information content (AvgIpc) is 2.65. The van der Waals surface area contributed by atoms with Gasteiger partial charge in [-0.25, -0.2) is 9.78 Å². The first kappa shape index (κ1) is 9.32. The zero-order valence-electron chi connectivity index (χ0n) is 7.95. The molecule has 6 nitrogen and oxygen atoms in total. The normalized spacial score (nSPS) is 10.2. The highest BCUT2D eigenvalue weighted by molar-refractivity contribution is 5.85. The van der Waals surface area contributed by atoms with Crippen LogP contribution >= 0.6 is 0 Å². The summed E-state index contributed by atoms with van der Waals surface area (Å²) < 4.78 is 1.72. The van der Waals surface area contributed by atoms with E-state index in [4.69, 9.17) is 5.11 Å². The van der Waals surface area contributed by atoms with Gasteiger partial charge in [0.1, 0.15) is 5.82 Å². The van der Waals surface area contributed by atoms with Crippen molar-refractivity contribution in [3.05, 3.63) is 36.0 Å². The van der Waals surface area contributed by atoms with E-state index in [9.17, 15) is 4.79 Å². The van der Waals surface area contributed by atoms with Crippen LogP contribution < -0.4 is 0 Å². The summed E-state index contributed by atoms with van der Waals surface area (Å²) in [6, 6.07) is 3.00. The molecule has 0 aliphatic heterocycles. The Labute approximate surface area is 85.2 Å². The first-order valence-electron chi connectivity index (χ1n) is 4.26. The summed E-state index contributed by atoms with van der Waals surface area (Å²) in [5.41, 5.74) is -0.0727. The minimum absolute atomic E-state index is 0.0727. The van der Waals surface area contributed by atoms with Crippen LogP contribution in [0.2, 0.25) is 0 Å². The van der Waals surface area contributed by atoms with Crippen LogP contribution in [0.3, 0.4) is 0 Å². The van der Waals surface area contributed by atoms with Gasteiger partial charge in [-0.3, -0.25) is 4.57 Å². The van der Waals surface area contributed by atoms with Crippen molar-refractivity contribution in [2.75, 3.05) is 0 Å². The molecule has 0 aliphatic rings. The molecule has 2 rings (SSSR count). The molecule has 76 valence electrons. The van der Waals surface area contributed by atoms with Gasteiger partial charge in [-0.05, 0) is 19.1 Å². The van der Waals surface area contributed by atoms with Crippen LogP contribution in [0.15, 0.2) is 24.5 Å². The molecule has 0 unspecified atom stereocenters. The lowest BCUT2D eigenvalue weighted by atomic mass is 10.4. The Kier molecular flexibility index (Phi) is 2.17. The van der Waals surface area contributed by atoms with Gasteiger partial charge in [-0.2, -0.15) is 0 Å². The smallest absolute Gasteiger partial charge is 0.356 e. The number of aromatic nitrogens is 4. The number of hydrogen-bond donors (Lipinski definition) is 1. The maximum absolute atomic E-state index is 10.5. The van der Waals surface area contributed by atoms with Gasteiger partial charge in [-0.15, -0.1) is 10.2 Å². The summed E-state index contributed by atoms with van der Waals surface area (Å²) in [6.45, 7) is 1.83. The topological polar surface area (TPSA) is 80.9 Å². The van der Waals surface area contributed by atoms with Gasteiger partial charge in [0.05, 0.1) is 0 Å². The van der Waals surface area contributed by atoms with Crippen molar-refractivity contribution >= 4 is 5.97 Å². The molecule has 1 N–H and O–H groups in total. The third kappa shape index (κ3) is 1.69. The molecular weight excluding hydrogens is 196 g/mol. The predicted octanol–water partition coefficient (Wildman–Crippen LogP) is 0.669. The van der Waals surface area contributed by atoms with Crippen molar-refractivity contribution < 1.29 is 9.90 Å². The van der Waals surface area contributed by atoms with Gasteiger partial charge >= 0.3 is 5.97 Å². The van der Waals surface area contributed by atoms with Crippen molar-refractivity contribution in [3.63, 3.8) is 0 Å². The van der Waals surface area contributed by atoms with Crippen LogP contribution in [0.1, 0.15) is 16.3 Å². The molecule has 0 aromatic carbocycles. The molecule has 6 heteroatoms. The predicted molar refractivity (Wildman–Crippen MR) is 50.9 cm³/mol. The van der Waals surface area contributed by atoms with Crippen LogP contribution in [-0.2, 0) is 0 Å². The third-order valence-corrected chi connectivity index (χ3v) is 1.94. The van der Waals surface area contributed by atoms with Gasteiger partial charge in [0.25, 0.3) is 0 Å². The molecule has 0 bridgehead atoms. The highest BCUT2D eigenvalue weighted by Gasteiger charge is 2.06. The fourth-order valence-electron chi connectivity index (χ4n) is 1.19. The molecule has 15 heavy (non-hydrogen) atoms. The summed E-state index contributed by atoms with van der Waals surface area (Å²) in [7, 11) is 0. The van der Waals surface area contributed by atoms with E-state index in [1.807, 2.05) is 6.92 Å². The third-order valence-electron chi connectivity index (χ3n) is 1.94. The minimum Gasteiger partial charge on any atom is -0.476 e. The average molecular weight is 204 g/mol. The minimum atomic E-state index is -1.09. The summed E-state index contributed by atoms with van der Waals surface area (Å²) in [5, 5.41) is 16.0. The Balaban J connectivity index is 2.40. The first-order valence-corrected chi connectivity index (χ1v) is 4.26. The molecule has 0 atom stereocenters. The van der Waals surface area contributed by atoms with Crippen LogP contribution in [0, 0.1) is 6.92 Å². The fourth-order valence-corrected chi connectivity index (χ4v) is 1.19. The second kappa shape index (κ2) is 3.49. The Bertz CT molecular complexity index is 489. The number of carboxylic acids is 1. The Morgan fingerprint density at radius 3 is 2.67 bits per heavy atom. The standard InChI is InChI=1S/C9H8N4O2/c1-6-10-4-5-13(6)8-3-2-7(9(14)15)11-12-8/h2-5H,1H3,(H,14,15). The monoisotopic (exact) mass is 204 g/mol. The summed E-state index contributed by atoms with van der Waals surface area (Å²) in [6.07, 6.45) is 3.38. The summed E-state index contributed by atoms with van der Waals surface area (Å²) in [4.78, 5) is 14.6. The molecule has 0 aliphatic carbocycles. The van der Waals surface area contributed by atoms with E-state index in [0.29, 0.717) is 5.82 Å². The van der Waals surface area contributed by atoms with E-state index in [0.717, 1.165) is 5.82 Å². The van der Waals surface area contributed by atoms with Crippen molar-refractivity contribution in [1.82, 2.24) is 19.7 Å². The van der Waals surface area contributed by atoms with Gasteiger partial charge in [0.2, 0.25) is 0 Å². The first-order chi connectivity index (χ1) is 7.18. The summed E-state index contributed by atoms with van der Waals surface area (Å²) in [5.74, 6) is 0.235. The zero-order chi connectivity index (χ0) is 10.8. The maximum atomic E-state index is 10.5. The molecule has 0 fully saturated rings. The molecule has 0 saturated heterocycles. The van der Waals surface area contributed by atoms with Crippen LogP contribution in [0.5, 0.6) is 0 Å². The van der Waals surface area contributed by atoms with E-state index < -0.39 is 5.97 Å².